The number of non-ortho nitro benzene ring substituents is 1. The molecule has 0 spiro atoms. The van der Waals surface area contributed by atoms with Gasteiger partial charge in [-0.2, -0.15) is 0 Å². The van der Waals surface area contributed by atoms with Crippen molar-refractivity contribution < 1.29 is 14.5 Å². The molecule has 1 heterocycles. The molecule has 0 saturated carbocycles. The van der Waals surface area contributed by atoms with E-state index in [-0.39, 0.29) is 17.3 Å². The van der Waals surface area contributed by atoms with Crippen molar-refractivity contribution in [1.29, 1.82) is 0 Å². The number of cyclic esters (lactones) is 1. The zero-order valence-corrected chi connectivity index (χ0v) is 13.1. The molecule has 3 rings (SSSR count). The standard InChI is InChI=1S/C18H14N2O4/c1-11-3-4-12(2)14(9-11)10-16-18(21)24-17(19-16)13-5-7-15(8-6-13)20(22)23/h3-10H,1-2H3/b16-10-. The van der Waals surface area contributed by atoms with Gasteiger partial charge in [0.1, 0.15) is 0 Å². The van der Waals surface area contributed by atoms with Crippen LogP contribution in [0.15, 0.2) is 53.2 Å². The predicted molar refractivity (Wildman–Crippen MR) is 89.6 cm³/mol. The topological polar surface area (TPSA) is 81.8 Å². The summed E-state index contributed by atoms with van der Waals surface area (Å²) >= 11 is 0. The van der Waals surface area contributed by atoms with Gasteiger partial charge in [-0.3, -0.25) is 10.1 Å². The number of rotatable bonds is 3. The molecule has 0 amide bonds. The summed E-state index contributed by atoms with van der Waals surface area (Å²) in [5, 5.41) is 10.7. The smallest absolute Gasteiger partial charge is 0.363 e. The molecule has 0 aromatic heterocycles. The van der Waals surface area contributed by atoms with Crippen LogP contribution in [0.5, 0.6) is 0 Å². The van der Waals surface area contributed by atoms with Crippen molar-refractivity contribution in [2.24, 2.45) is 4.99 Å². The van der Waals surface area contributed by atoms with Crippen LogP contribution in [0.3, 0.4) is 0 Å². The Balaban J connectivity index is 1.94. The van der Waals surface area contributed by atoms with Crippen LogP contribution in [-0.4, -0.2) is 16.8 Å². The quantitative estimate of drug-likeness (QED) is 0.374. The summed E-state index contributed by atoms with van der Waals surface area (Å²) in [4.78, 5) is 26.4. The van der Waals surface area contributed by atoms with Crippen LogP contribution in [0.2, 0.25) is 0 Å². The highest BCUT2D eigenvalue weighted by atomic mass is 16.6. The van der Waals surface area contributed by atoms with Gasteiger partial charge in [-0.25, -0.2) is 9.79 Å². The molecular weight excluding hydrogens is 308 g/mol. The first-order valence-corrected chi connectivity index (χ1v) is 7.29. The van der Waals surface area contributed by atoms with E-state index >= 15 is 0 Å². The van der Waals surface area contributed by atoms with Gasteiger partial charge < -0.3 is 4.74 Å². The van der Waals surface area contributed by atoms with Crippen molar-refractivity contribution in [3.05, 3.63) is 80.5 Å². The van der Waals surface area contributed by atoms with E-state index in [4.69, 9.17) is 4.74 Å². The summed E-state index contributed by atoms with van der Waals surface area (Å²) in [7, 11) is 0. The first-order chi connectivity index (χ1) is 11.4. The largest absolute Gasteiger partial charge is 0.402 e. The van der Waals surface area contributed by atoms with E-state index in [1.165, 1.54) is 24.3 Å². The Bertz CT molecular complexity index is 896. The Hall–Kier alpha value is -3.28. The summed E-state index contributed by atoms with van der Waals surface area (Å²) in [6, 6.07) is 11.6. The lowest BCUT2D eigenvalue weighted by atomic mass is 10.0. The summed E-state index contributed by atoms with van der Waals surface area (Å²) < 4.78 is 5.18. The Morgan fingerprint density at radius 3 is 2.50 bits per heavy atom. The zero-order chi connectivity index (χ0) is 17.3. The van der Waals surface area contributed by atoms with Crippen LogP contribution >= 0.6 is 0 Å². The van der Waals surface area contributed by atoms with Crippen LogP contribution < -0.4 is 0 Å². The second-order valence-corrected chi connectivity index (χ2v) is 5.50. The summed E-state index contributed by atoms with van der Waals surface area (Å²) in [6.07, 6.45) is 1.68. The fourth-order valence-electron chi connectivity index (χ4n) is 2.32. The van der Waals surface area contributed by atoms with Gasteiger partial charge in [-0.15, -0.1) is 0 Å². The second-order valence-electron chi connectivity index (χ2n) is 5.50. The molecule has 1 aliphatic heterocycles. The molecule has 6 heteroatoms. The highest BCUT2D eigenvalue weighted by molar-refractivity contribution is 6.12. The number of nitrogens with zero attached hydrogens (tertiary/aromatic N) is 2. The second kappa shape index (κ2) is 6.08. The summed E-state index contributed by atoms with van der Waals surface area (Å²) in [6.45, 7) is 3.92. The molecule has 0 unspecified atom stereocenters. The minimum Gasteiger partial charge on any atom is -0.402 e. The fourth-order valence-corrected chi connectivity index (χ4v) is 2.32. The SMILES string of the molecule is Cc1ccc(C)c(/C=C2\N=C(c3ccc([N+](=O)[O-])cc3)OC2=O)c1. The van der Waals surface area contributed by atoms with E-state index in [1.54, 1.807) is 6.08 Å². The van der Waals surface area contributed by atoms with Gasteiger partial charge in [0.15, 0.2) is 5.70 Å². The number of nitro groups is 1. The molecule has 0 fully saturated rings. The van der Waals surface area contributed by atoms with Crippen LogP contribution in [0.25, 0.3) is 6.08 Å². The number of carbonyl (C=O) groups is 1. The number of carbonyl (C=O) groups excluding carboxylic acids is 1. The highest BCUT2D eigenvalue weighted by Crippen LogP contribution is 2.22. The normalized spacial score (nSPS) is 15.3. The lowest BCUT2D eigenvalue weighted by Gasteiger charge is -2.01. The van der Waals surface area contributed by atoms with Gasteiger partial charge in [0.2, 0.25) is 5.90 Å². The van der Waals surface area contributed by atoms with Gasteiger partial charge in [0, 0.05) is 17.7 Å². The van der Waals surface area contributed by atoms with Gasteiger partial charge in [-0.05, 0) is 43.2 Å². The molecule has 0 N–H and O–H groups in total. The molecule has 24 heavy (non-hydrogen) atoms. The van der Waals surface area contributed by atoms with Gasteiger partial charge in [0.25, 0.3) is 5.69 Å². The molecule has 0 saturated heterocycles. The number of aryl methyl sites for hydroxylation is 2. The van der Waals surface area contributed by atoms with E-state index in [0.29, 0.717) is 5.56 Å². The maximum Gasteiger partial charge on any atom is 0.363 e. The third-order valence-corrected chi connectivity index (χ3v) is 3.67. The number of aliphatic imine (C=N–C) groups is 1. The van der Waals surface area contributed by atoms with Crippen LogP contribution in [0.1, 0.15) is 22.3 Å². The Morgan fingerprint density at radius 1 is 1.12 bits per heavy atom. The molecule has 2 aromatic carbocycles. The molecule has 0 radical (unpaired) electrons. The lowest BCUT2D eigenvalue weighted by Crippen LogP contribution is -2.05. The number of benzene rings is 2. The zero-order valence-electron chi connectivity index (χ0n) is 13.1. The highest BCUT2D eigenvalue weighted by Gasteiger charge is 2.24. The van der Waals surface area contributed by atoms with Crippen molar-refractivity contribution in [2.45, 2.75) is 13.8 Å². The van der Waals surface area contributed by atoms with Gasteiger partial charge >= 0.3 is 5.97 Å². The van der Waals surface area contributed by atoms with E-state index in [9.17, 15) is 14.9 Å². The Kier molecular flexibility index (Phi) is 3.95. The third kappa shape index (κ3) is 3.08. The summed E-state index contributed by atoms with van der Waals surface area (Å²) in [5.41, 5.74) is 3.69. The first-order valence-electron chi connectivity index (χ1n) is 7.29. The van der Waals surface area contributed by atoms with Crippen LogP contribution in [-0.2, 0) is 9.53 Å². The maximum absolute atomic E-state index is 12.0. The number of hydrogen-bond acceptors (Lipinski definition) is 5. The maximum atomic E-state index is 12.0. The molecule has 0 aliphatic carbocycles. The number of ether oxygens (including phenoxy) is 1. The first kappa shape index (κ1) is 15.6. The Labute approximate surface area is 138 Å². The third-order valence-electron chi connectivity index (χ3n) is 3.67. The molecular formula is C18H14N2O4. The number of hydrogen-bond donors (Lipinski definition) is 0. The van der Waals surface area contributed by atoms with Gasteiger partial charge in [0.05, 0.1) is 4.92 Å². The Morgan fingerprint density at radius 2 is 1.83 bits per heavy atom. The monoisotopic (exact) mass is 322 g/mol. The van der Waals surface area contributed by atoms with Crippen molar-refractivity contribution in [2.75, 3.05) is 0 Å². The molecule has 2 aromatic rings. The minimum atomic E-state index is -0.538. The van der Waals surface area contributed by atoms with Crippen molar-refractivity contribution in [3.63, 3.8) is 0 Å². The van der Waals surface area contributed by atoms with Crippen molar-refractivity contribution >= 4 is 23.6 Å². The number of nitro benzene ring substituents is 1. The summed E-state index contributed by atoms with van der Waals surface area (Å²) in [5.74, 6) is -0.393. The average Bonchev–Trinajstić information content (AvgIpc) is 2.92. The molecule has 6 nitrogen and oxygen atoms in total. The lowest BCUT2D eigenvalue weighted by molar-refractivity contribution is -0.384. The van der Waals surface area contributed by atoms with Crippen LogP contribution in [0, 0.1) is 24.0 Å². The number of esters is 1. The molecule has 120 valence electrons. The minimum absolute atomic E-state index is 0.0326. The van der Waals surface area contributed by atoms with Crippen molar-refractivity contribution in [1.82, 2.24) is 0 Å². The van der Waals surface area contributed by atoms with E-state index in [1.807, 2.05) is 32.0 Å². The molecule has 0 bridgehead atoms. The predicted octanol–water partition coefficient (Wildman–Crippen LogP) is 3.56. The molecule has 1 aliphatic rings. The van der Waals surface area contributed by atoms with E-state index in [0.717, 1.165) is 16.7 Å². The van der Waals surface area contributed by atoms with Gasteiger partial charge in [-0.1, -0.05) is 23.8 Å². The van der Waals surface area contributed by atoms with Crippen LogP contribution in [0.4, 0.5) is 5.69 Å². The fraction of sp³-hybridized carbons (Fsp3) is 0.111. The van der Waals surface area contributed by atoms with Crippen molar-refractivity contribution in [3.8, 4) is 0 Å². The van der Waals surface area contributed by atoms with E-state index in [2.05, 4.69) is 4.99 Å². The average molecular weight is 322 g/mol. The molecule has 0 atom stereocenters. The van der Waals surface area contributed by atoms with E-state index < -0.39 is 10.9 Å².